The lowest BCUT2D eigenvalue weighted by molar-refractivity contribution is 0.341. The van der Waals surface area contributed by atoms with E-state index in [9.17, 15) is 8.42 Å². The van der Waals surface area contributed by atoms with Gasteiger partial charge in [0.1, 0.15) is 5.75 Å². The fourth-order valence-corrected chi connectivity index (χ4v) is 3.39. The molecule has 2 rings (SSSR count). The van der Waals surface area contributed by atoms with E-state index in [1.807, 2.05) is 24.3 Å². The summed E-state index contributed by atoms with van der Waals surface area (Å²) in [5.41, 5.74) is 0.918. The Hall–Kier alpha value is -1.11. The maximum Gasteiger partial charge on any atom is 0.279 e. The summed E-state index contributed by atoms with van der Waals surface area (Å²) in [5, 5.41) is 0. The first-order valence-electron chi connectivity index (χ1n) is 6.49. The van der Waals surface area contributed by atoms with Crippen molar-refractivity contribution >= 4 is 10.2 Å². The summed E-state index contributed by atoms with van der Waals surface area (Å²) < 4.78 is 33.4. The molecule has 1 fully saturated rings. The summed E-state index contributed by atoms with van der Waals surface area (Å²) in [6, 6.07) is 7.37. The second-order valence-corrected chi connectivity index (χ2v) is 6.39. The van der Waals surface area contributed by atoms with Crippen LogP contribution in [0.5, 0.6) is 5.75 Å². The van der Waals surface area contributed by atoms with Crippen LogP contribution in [0.1, 0.15) is 24.8 Å². The lowest BCUT2D eigenvalue weighted by Gasteiger charge is -2.25. The molecule has 0 saturated carbocycles. The minimum absolute atomic E-state index is 0.308. The Balaban J connectivity index is 1.92. The Morgan fingerprint density at radius 3 is 2.37 bits per heavy atom. The van der Waals surface area contributed by atoms with Gasteiger partial charge in [0, 0.05) is 19.6 Å². The zero-order valence-corrected chi connectivity index (χ0v) is 11.9. The Labute approximate surface area is 114 Å². The zero-order valence-electron chi connectivity index (χ0n) is 11.1. The van der Waals surface area contributed by atoms with Gasteiger partial charge in [-0.05, 0) is 30.5 Å². The van der Waals surface area contributed by atoms with Crippen LogP contribution in [0.25, 0.3) is 0 Å². The largest absolute Gasteiger partial charge is 0.497 e. The SMILES string of the molecule is COc1ccc(CNS(=O)(=O)N2CCCCC2)cc1. The first kappa shape index (κ1) is 14.3. The summed E-state index contributed by atoms with van der Waals surface area (Å²) in [5.74, 6) is 0.766. The fraction of sp³-hybridized carbons (Fsp3) is 0.538. The predicted molar refractivity (Wildman–Crippen MR) is 74.2 cm³/mol. The van der Waals surface area contributed by atoms with Gasteiger partial charge >= 0.3 is 0 Å². The third-order valence-electron chi connectivity index (χ3n) is 3.27. The molecule has 19 heavy (non-hydrogen) atoms. The molecule has 6 heteroatoms. The van der Waals surface area contributed by atoms with Crippen molar-refractivity contribution < 1.29 is 13.2 Å². The van der Waals surface area contributed by atoms with Gasteiger partial charge in [-0.3, -0.25) is 0 Å². The number of hydrogen-bond donors (Lipinski definition) is 1. The van der Waals surface area contributed by atoms with E-state index in [0.717, 1.165) is 30.6 Å². The van der Waals surface area contributed by atoms with Crippen molar-refractivity contribution in [2.75, 3.05) is 20.2 Å². The third kappa shape index (κ3) is 3.92. The van der Waals surface area contributed by atoms with Crippen LogP contribution in [0.4, 0.5) is 0 Å². The van der Waals surface area contributed by atoms with Crippen LogP contribution in [-0.4, -0.2) is 32.9 Å². The van der Waals surface area contributed by atoms with E-state index in [-0.39, 0.29) is 0 Å². The molecule has 1 saturated heterocycles. The molecule has 0 amide bonds. The first-order chi connectivity index (χ1) is 9.12. The van der Waals surface area contributed by atoms with Crippen LogP contribution >= 0.6 is 0 Å². The van der Waals surface area contributed by atoms with E-state index in [4.69, 9.17) is 4.74 Å². The standard InChI is InChI=1S/C13H20N2O3S/c1-18-13-7-5-12(6-8-13)11-14-19(16,17)15-9-3-2-4-10-15/h5-8,14H,2-4,9-11H2,1H3. The molecule has 1 heterocycles. The van der Waals surface area contributed by atoms with Crippen LogP contribution in [0.3, 0.4) is 0 Å². The number of ether oxygens (including phenoxy) is 1. The van der Waals surface area contributed by atoms with Gasteiger partial charge in [0.2, 0.25) is 0 Å². The molecular formula is C13H20N2O3S. The average molecular weight is 284 g/mol. The molecule has 5 nitrogen and oxygen atoms in total. The maximum absolute atomic E-state index is 12.1. The van der Waals surface area contributed by atoms with Gasteiger partial charge in [-0.1, -0.05) is 18.6 Å². The van der Waals surface area contributed by atoms with E-state index >= 15 is 0 Å². The van der Waals surface area contributed by atoms with Crippen LogP contribution < -0.4 is 9.46 Å². The van der Waals surface area contributed by atoms with E-state index in [2.05, 4.69) is 4.72 Å². The summed E-state index contributed by atoms with van der Waals surface area (Å²) in [6.45, 7) is 1.55. The monoisotopic (exact) mass is 284 g/mol. The molecule has 106 valence electrons. The minimum atomic E-state index is -3.35. The van der Waals surface area contributed by atoms with Crippen molar-refractivity contribution in [3.63, 3.8) is 0 Å². The van der Waals surface area contributed by atoms with E-state index in [0.29, 0.717) is 19.6 Å². The fourth-order valence-electron chi connectivity index (χ4n) is 2.11. The molecule has 0 bridgehead atoms. The van der Waals surface area contributed by atoms with Crippen LogP contribution in [0, 0.1) is 0 Å². The van der Waals surface area contributed by atoms with Gasteiger partial charge in [-0.15, -0.1) is 0 Å². The van der Waals surface area contributed by atoms with Gasteiger partial charge in [0.15, 0.2) is 0 Å². The van der Waals surface area contributed by atoms with Crippen LogP contribution in [-0.2, 0) is 16.8 Å². The van der Waals surface area contributed by atoms with Gasteiger partial charge in [-0.25, -0.2) is 0 Å². The summed E-state index contributed by atoms with van der Waals surface area (Å²) in [6.07, 6.45) is 3.01. The lowest BCUT2D eigenvalue weighted by Crippen LogP contribution is -2.43. The van der Waals surface area contributed by atoms with Crippen LogP contribution in [0.15, 0.2) is 24.3 Å². The molecule has 1 aliphatic rings. The number of benzene rings is 1. The van der Waals surface area contributed by atoms with Crippen molar-refractivity contribution in [2.45, 2.75) is 25.8 Å². The Kier molecular flexibility index (Phi) is 4.79. The first-order valence-corrected chi connectivity index (χ1v) is 7.93. The van der Waals surface area contributed by atoms with Crippen molar-refractivity contribution in [1.29, 1.82) is 0 Å². The number of methoxy groups -OCH3 is 1. The van der Waals surface area contributed by atoms with Crippen LogP contribution in [0.2, 0.25) is 0 Å². The summed E-state index contributed by atoms with van der Waals surface area (Å²) in [4.78, 5) is 0. The number of nitrogens with one attached hydrogen (secondary N) is 1. The molecule has 1 aromatic rings. The van der Waals surface area contributed by atoms with Crippen molar-refractivity contribution in [3.8, 4) is 5.75 Å². The van der Waals surface area contributed by atoms with E-state index < -0.39 is 10.2 Å². The number of piperidine rings is 1. The van der Waals surface area contributed by atoms with Crippen molar-refractivity contribution in [2.24, 2.45) is 0 Å². The Morgan fingerprint density at radius 2 is 1.79 bits per heavy atom. The molecule has 1 N–H and O–H groups in total. The molecule has 1 aromatic carbocycles. The molecule has 0 radical (unpaired) electrons. The van der Waals surface area contributed by atoms with Gasteiger partial charge in [0.05, 0.1) is 7.11 Å². The maximum atomic E-state index is 12.1. The minimum Gasteiger partial charge on any atom is -0.497 e. The van der Waals surface area contributed by atoms with E-state index in [1.165, 1.54) is 4.31 Å². The summed E-state index contributed by atoms with van der Waals surface area (Å²) in [7, 11) is -1.74. The Morgan fingerprint density at radius 1 is 1.16 bits per heavy atom. The molecular weight excluding hydrogens is 264 g/mol. The predicted octanol–water partition coefficient (Wildman–Crippen LogP) is 1.52. The highest BCUT2D eigenvalue weighted by Crippen LogP contribution is 2.14. The molecule has 0 spiro atoms. The smallest absolute Gasteiger partial charge is 0.279 e. The number of rotatable bonds is 5. The Bertz CT molecular complexity index is 493. The highest BCUT2D eigenvalue weighted by molar-refractivity contribution is 7.87. The quantitative estimate of drug-likeness (QED) is 0.891. The van der Waals surface area contributed by atoms with Gasteiger partial charge in [0.25, 0.3) is 10.2 Å². The molecule has 0 unspecified atom stereocenters. The second-order valence-electron chi connectivity index (χ2n) is 4.63. The van der Waals surface area contributed by atoms with Gasteiger partial charge < -0.3 is 4.74 Å². The average Bonchev–Trinajstić information content (AvgIpc) is 2.47. The molecule has 0 aromatic heterocycles. The zero-order chi connectivity index (χ0) is 13.7. The number of nitrogens with zero attached hydrogens (tertiary/aromatic N) is 1. The van der Waals surface area contributed by atoms with Crippen molar-refractivity contribution in [3.05, 3.63) is 29.8 Å². The lowest BCUT2D eigenvalue weighted by atomic mass is 10.2. The molecule has 0 aliphatic carbocycles. The third-order valence-corrected chi connectivity index (χ3v) is 4.83. The highest BCUT2D eigenvalue weighted by atomic mass is 32.2. The second kappa shape index (κ2) is 6.36. The van der Waals surface area contributed by atoms with Gasteiger partial charge in [-0.2, -0.15) is 17.4 Å². The topological polar surface area (TPSA) is 58.6 Å². The summed E-state index contributed by atoms with van der Waals surface area (Å²) >= 11 is 0. The number of hydrogen-bond acceptors (Lipinski definition) is 3. The van der Waals surface area contributed by atoms with Crippen molar-refractivity contribution in [1.82, 2.24) is 9.03 Å². The molecule has 0 atom stereocenters. The molecule has 1 aliphatic heterocycles. The van der Waals surface area contributed by atoms with E-state index in [1.54, 1.807) is 7.11 Å². The normalized spacial score (nSPS) is 17.3. The highest BCUT2D eigenvalue weighted by Gasteiger charge is 2.23.